The van der Waals surface area contributed by atoms with E-state index in [2.05, 4.69) is 26.2 Å². The molecule has 4 aromatic rings. The fourth-order valence-corrected chi connectivity index (χ4v) is 3.07. The molecule has 0 aliphatic carbocycles. The van der Waals surface area contributed by atoms with Crippen LogP contribution in [0, 0.1) is 18.6 Å². The van der Waals surface area contributed by atoms with Crippen LogP contribution in [-0.2, 0) is 4.79 Å². The number of carbonyl (C=O) groups is 2. The molecule has 0 bridgehead atoms. The van der Waals surface area contributed by atoms with E-state index >= 15 is 0 Å². The number of anilines is 2. The zero-order valence-corrected chi connectivity index (χ0v) is 17.8. The predicted molar refractivity (Wildman–Crippen MR) is 119 cm³/mol. The monoisotopic (exact) mass is 464 g/mol. The summed E-state index contributed by atoms with van der Waals surface area (Å²) < 4.78 is 35.0. The van der Waals surface area contributed by atoms with Crippen molar-refractivity contribution in [3.8, 4) is 11.4 Å². The minimum Gasteiger partial charge on any atom is -0.483 e. The quantitative estimate of drug-likeness (QED) is 0.433. The van der Waals surface area contributed by atoms with Gasteiger partial charge in [0.25, 0.3) is 11.8 Å². The molecular formula is C23H18F2N6O3. The van der Waals surface area contributed by atoms with Gasteiger partial charge in [-0.1, -0.05) is 24.3 Å². The van der Waals surface area contributed by atoms with E-state index < -0.39 is 30.1 Å². The molecule has 0 unspecified atom stereocenters. The highest BCUT2D eigenvalue weighted by Crippen LogP contribution is 2.23. The third-order valence-electron chi connectivity index (χ3n) is 4.71. The lowest BCUT2D eigenvalue weighted by Crippen LogP contribution is -2.22. The number of para-hydroxylation sites is 2. The Balaban J connectivity index is 1.47. The molecule has 0 aliphatic rings. The lowest BCUT2D eigenvalue weighted by atomic mass is 10.1. The third kappa shape index (κ3) is 5.04. The van der Waals surface area contributed by atoms with Crippen LogP contribution in [0.2, 0.25) is 0 Å². The molecule has 0 saturated carbocycles. The Morgan fingerprint density at radius 2 is 1.68 bits per heavy atom. The van der Waals surface area contributed by atoms with E-state index in [-0.39, 0.29) is 22.7 Å². The Morgan fingerprint density at radius 1 is 0.941 bits per heavy atom. The van der Waals surface area contributed by atoms with Gasteiger partial charge in [0, 0.05) is 0 Å². The van der Waals surface area contributed by atoms with E-state index in [1.165, 1.54) is 53.2 Å². The van der Waals surface area contributed by atoms with Crippen molar-refractivity contribution >= 4 is 23.2 Å². The lowest BCUT2D eigenvalue weighted by molar-refractivity contribution is -0.118. The standard InChI is InChI=1S/C23H18F2N6O3/c1-14-28-29-30-31(14)15-10-11-18(25)20(12-15)27-23(33)16-6-2-5-9-21(16)34-13-22(32)26-19-8-4-3-7-17(19)24/h2-12H,13H2,1H3,(H,26,32)(H,27,33). The number of hydrogen-bond acceptors (Lipinski definition) is 6. The van der Waals surface area contributed by atoms with Crippen molar-refractivity contribution in [2.45, 2.75) is 6.92 Å². The maximum atomic E-state index is 14.4. The van der Waals surface area contributed by atoms with Gasteiger partial charge in [-0.05, 0) is 59.8 Å². The second kappa shape index (κ2) is 9.86. The molecule has 4 rings (SSSR count). The topological polar surface area (TPSA) is 111 Å². The number of aromatic nitrogens is 4. The van der Waals surface area contributed by atoms with Crippen LogP contribution in [0.25, 0.3) is 5.69 Å². The van der Waals surface area contributed by atoms with Gasteiger partial charge in [-0.3, -0.25) is 9.59 Å². The summed E-state index contributed by atoms with van der Waals surface area (Å²) in [6.07, 6.45) is 0. The number of ether oxygens (including phenoxy) is 1. The van der Waals surface area contributed by atoms with Crippen molar-refractivity contribution in [3.63, 3.8) is 0 Å². The zero-order chi connectivity index (χ0) is 24.1. The summed E-state index contributed by atoms with van der Waals surface area (Å²) in [7, 11) is 0. The number of benzene rings is 3. The Labute approximate surface area is 192 Å². The van der Waals surface area contributed by atoms with E-state index in [9.17, 15) is 18.4 Å². The van der Waals surface area contributed by atoms with Crippen molar-refractivity contribution in [1.82, 2.24) is 20.2 Å². The summed E-state index contributed by atoms with van der Waals surface area (Å²) in [6.45, 7) is 1.21. The average Bonchev–Trinajstić information content (AvgIpc) is 3.26. The fraction of sp³-hybridized carbons (Fsp3) is 0.0870. The minimum absolute atomic E-state index is 0.00954. The van der Waals surface area contributed by atoms with Gasteiger partial charge in [0.1, 0.15) is 17.4 Å². The van der Waals surface area contributed by atoms with E-state index in [4.69, 9.17) is 4.74 Å². The van der Waals surface area contributed by atoms with Gasteiger partial charge >= 0.3 is 0 Å². The molecular weight excluding hydrogens is 446 g/mol. The van der Waals surface area contributed by atoms with Gasteiger partial charge in [0.05, 0.1) is 22.6 Å². The van der Waals surface area contributed by atoms with Crippen LogP contribution in [0.15, 0.2) is 66.7 Å². The summed E-state index contributed by atoms with van der Waals surface area (Å²) in [4.78, 5) is 25.0. The van der Waals surface area contributed by atoms with Crippen molar-refractivity contribution in [2.24, 2.45) is 0 Å². The molecule has 0 fully saturated rings. The van der Waals surface area contributed by atoms with Crippen LogP contribution in [0.1, 0.15) is 16.2 Å². The van der Waals surface area contributed by atoms with Crippen LogP contribution in [0.5, 0.6) is 5.75 Å². The minimum atomic E-state index is -0.662. The smallest absolute Gasteiger partial charge is 0.262 e. The molecule has 0 aliphatic heterocycles. The Morgan fingerprint density at radius 3 is 2.44 bits per heavy atom. The van der Waals surface area contributed by atoms with Crippen LogP contribution in [0.4, 0.5) is 20.2 Å². The summed E-state index contributed by atoms with van der Waals surface area (Å²) in [6, 6.07) is 15.9. The molecule has 2 amide bonds. The van der Waals surface area contributed by atoms with Crippen molar-refractivity contribution < 1.29 is 23.1 Å². The molecule has 0 atom stereocenters. The average molecular weight is 464 g/mol. The summed E-state index contributed by atoms with van der Waals surface area (Å²) in [5.74, 6) is -1.94. The molecule has 3 aromatic carbocycles. The van der Waals surface area contributed by atoms with Crippen LogP contribution in [0.3, 0.4) is 0 Å². The molecule has 1 aromatic heterocycles. The number of hydrogen-bond donors (Lipinski definition) is 2. The molecule has 9 nitrogen and oxygen atoms in total. The van der Waals surface area contributed by atoms with Crippen LogP contribution >= 0.6 is 0 Å². The fourth-order valence-electron chi connectivity index (χ4n) is 3.07. The van der Waals surface area contributed by atoms with Crippen LogP contribution in [-0.4, -0.2) is 38.6 Å². The summed E-state index contributed by atoms with van der Waals surface area (Å²) >= 11 is 0. The summed E-state index contributed by atoms with van der Waals surface area (Å²) in [5.41, 5.74) is 0.443. The molecule has 0 radical (unpaired) electrons. The largest absolute Gasteiger partial charge is 0.483 e. The van der Waals surface area contributed by atoms with E-state index in [0.29, 0.717) is 11.5 Å². The maximum absolute atomic E-state index is 14.4. The molecule has 0 spiro atoms. The third-order valence-corrected chi connectivity index (χ3v) is 4.71. The molecule has 2 N–H and O–H groups in total. The first-order valence-corrected chi connectivity index (χ1v) is 10.0. The molecule has 34 heavy (non-hydrogen) atoms. The van der Waals surface area contributed by atoms with Crippen molar-refractivity contribution in [2.75, 3.05) is 17.2 Å². The Bertz CT molecular complexity index is 1360. The van der Waals surface area contributed by atoms with Gasteiger partial charge in [0.15, 0.2) is 12.4 Å². The number of nitrogens with zero attached hydrogens (tertiary/aromatic N) is 4. The Kier molecular flexibility index (Phi) is 6.53. The number of carbonyl (C=O) groups excluding carboxylic acids is 2. The predicted octanol–water partition coefficient (Wildman–Crippen LogP) is 3.52. The van der Waals surface area contributed by atoms with E-state index in [1.807, 2.05) is 0 Å². The second-order valence-electron chi connectivity index (χ2n) is 7.07. The van der Waals surface area contributed by atoms with E-state index in [1.54, 1.807) is 25.1 Å². The normalized spacial score (nSPS) is 10.6. The highest BCUT2D eigenvalue weighted by Gasteiger charge is 2.17. The first-order chi connectivity index (χ1) is 16.4. The summed E-state index contributed by atoms with van der Waals surface area (Å²) in [5, 5.41) is 16.0. The van der Waals surface area contributed by atoms with Gasteiger partial charge in [-0.15, -0.1) is 5.10 Å². The van der Waals surface area contributed by atoms with Crippen LogP contribution < -0.4 is 15.4 Å². The van der Waals surface area contributed by atoms with Crippen molar-refractivity contribution in [1.29, 1.82) is 0 Å². The first-order valence-electron chi connectivity index (χ1n) is 10.0. The molecule has 0 saturated heterocycles. The molecule has 172 valence electrons. The molecule has 1 heterocycles. The highest BCUT2D eigenvalue weighted by atomic mass is 19.1. The number of halogens is 2. The maximum Gasteiger partial charge on any atom is 0.262 e. The number of tetrazole rings is 1. The van der Waals surface area contributed by atoms with Gasteiger partial charge in [-0.2, -0.15) is 4.68 Å². The SMILES string of the molecule is Cc1nnnn1-c1ccc(F)c(NC(=O)c2ccccc2OCC(=O)Nc2ccccc2F)c1. The number of aryl methyl sites for hydroxylation is 1. The lowest BCUT2D eigenvalue weighted by Gasteiger charge is -2.13. The highest BCUT2D eigenvalue weighted by molar-refractivity contribution is 6.06. The van der Waals surface area contributed by atoms with Gasteiger partial charge < -0.3 is 15.4 Å². The van der Waals surface area contributed by atoms with Crippen molar-refractivity contribution in [3.05, 3.63) is 89.8 Å². The molecule has 11 heteroatoms. The number of amides is 2. The van der Waals surface area contributed by atoms with Gasteiger partial charge in [-0.25, -0.2) is 8.78 Å². The van der Waals surface area contributed by atoms with E-state index in [0.717, 1.165) is 0 Å². The second-order valence-corrected chi connectivity index (χ2v) is 7.07. The zero-order valence-electron chi connectivity index (χ0n) is 17.8. The Hall–Kier alpha value is -4.67. The van der Waals surface area contributed by atoms with Gasteiger partial charge in [0.2, 0.25) is 0 Å². The first kappa shape index (κ1) is 22.5. The number of nitrogens with one attached hydrogen (secondary N) is 2. The number of rotatable bonds is 7.